The summed E-state index contributed by atoms with van der Waals surface area (Å²) in [6.45, 7) is 3.57. The summed E-state index contributed by atoms with van der Waals surface area (Å²) in [6.07, 6.45) is 6.80. The predicted molar refractivity (Wildman–Crippen MR) is 65.0 cm³/mol. The van der Waals surface area contributed by atoms with Crippen LogP contribution in [0.3, 0.4) is 0 Å². The number of hydrogen-bond acceptors (Lipinski definition) is 4. The monoisotopic (exact) mass is 240 g/mol. The summed E-state index contributed by atoms with van der Waals surface area (Å²) in [5.74, 6) is -0.267. The Hall–Kier alpha value is -1.03. The minimum atomic E-state index is -0.320. The van der Waals surface area contributed by atoms with Crippen LogP contribution in [-0.2, 0) is 14.3 Å². The maximum atomic E-state index is 11.9. The molecule has 1 aliphatic carbocycles. The van der Waals surface area contributed by atoms with E-state index in [0.29, 0.717) is 18.6 Å². The first-order valence-corrected chi connectivity index (χ1v) is 6.19. The molecule has 0 aromatic heterocycles. The molecule has 0 aliphatic heterocycles. The Morgan fingerprint density at radius 1 is 1.44 bits per heavy atom. The third kappa shape index (κ3) is 3.23. The lowest BCUT2D eigenvalue weighted by atomic mass is 9.84. The summed E-state index contributed by atoms with van der Waals surface area (Å²) in [4.78, 5) is 23.4. The molecule has 0 unspecified atom stereocenters. The fourth-order valence-corrected chi connectivity index (χ4v) is 2.49. The van der Waals surface area contributed by atoms with E-state index in [-0.39, 0.29) is 22.9 Å². The van der Waals surface area contributed by atoms with Gasteiger partial charge in [0, 0.05) is 11.7 Å². The second kappa shape index (κ2) is 6.53. The Kier molecular flexibility index (Phi) is 5.32. The Morgan fingerprint density at radius 3 is 2.62 bits per heavy atom. The summed E-state index contributed by atoms with van der Waals surface area (Å²) in [5, 5.41) is 0.0552. The van der Waals surface area contributed by atoms with Crippen LogP contribution < -0.4 is 0 Å². The fraction of sp³-hybridized carbons (Fsp3) is 0.500. The van der Waals surface area contributed by atoms with Gasteiger partial charge in [-0.2, -0.15) is 0 Å². The Balaban J connectivity index is 2.67. The number of thioether (sulfide) groups is 1. The van der Waals surface area contributed by atoms with Crippen LogP contribution in [0.25, 0.3) is 0 Å². The Labute approximate surface area is 99.9 Å². The van der Waals surface area contributed by atoms with E-state index in [1.807, 2.05) is 12.2 Å². The molecule has 0 fully saturated rings. The van der Waals surface area contributed by atoms with Gasteiger partial charge in [-0.1, -0.05) is 30.0 Å². The lowest BCUT2D eigenvalue weighted by Crippen LogP contribution is -2.30. The molecule has 0 saturated heterocycles. The molecule has 88 valence electrons. The molecule has 1 aliphatic rings. The molecule has 16 heavy (non-hydrogen) atoms. The first-order valence-electron chi connectivity index (χ1n) is 5.21. The van der Waals surface area contributed by atoms with E-state index >= 15 is 0 Å². The molecule has 0 N–H and O–H groups in total. The lowest BCUT2D eigenvalue weighted by molar-refractivity contribution is -0.149. The molecule has 1 rings (SSSR count). The molecule has 0 heterocycles. The van der Waals surface area contributed by atoms with E-state index in [9.17, 15) is 9.59 Å². The molecule has 0 bridgehead atoms. The molecule has 0 spiro atoms. The zero-order valence-corrected chi connectivity index (χ0v) is 10.2. The van der Waals surface area contributed by atoms with Crippen molar-refractivity contribution in [3.05, 3.63) is 24.8 Å². The smallest absolute Gasteiger partial charge is 0.309 e. The van der Waals surface area contributed by atoms with Crippen LogP contribution in [0.5, 0.6) is 0 Å². The van der Waals surface area contributed by atoms with E-state index in [1.165, 1.54) is 18.9 Å². The zero-order valence-electron chi connectivity index (χ0n) is 9.35. The van der Waals surface area contributed by atoms with Crippen molar-refractivity contribution in [1.29, 1.82) is 0 Å². The van der Waals surface area contributed by atoms with Crippen LogP contribution >= 0.6 is 11.8 Å². The number of rotatable bonds is 4. The molecular weight excluding hydrogens is 224 g/mol. The highest BCUT2D eigenvalue weighted by Gasteiger charge is 2.34. The second-order valence-electron chi connectivity index (χ2n) is 3.60. The lowest BCUT2D eigenvalue weighted by Gasteiger charge is -2.24. The van der Waals surface area contributed by atoms with Crippen molar-refractivity contribution in [3.63, 3.8) is 0 Å². The van der Waals surface area contributed by atoms with Crippen molar-refractivity contribution in [1.82, 2.24) is 0 Å². The summed E-state index contributed by atoms with van der Waals surface area (Å²) < 4.78 is 4.72. The molecule has 4 heteroatoms. The van der Waals surface area contributed by atoms with Crippen LogP contribution in [0.4, 0.5) is 0 Å². The molecule has 0 amide bonds. The van der Waals surface area contributed by atoms with Crippen LogP contribution in [0.2, 0.25) is 0 Å². The summed E-state index contributed by atoms with van der Waals surface area (Å²) in [7, 11) is 1.36. The topological polar surface area (TPSA) is 43.4 Å². The van der Waals surface area contributed by atoms with Crippen LogP contribution in [-0.4, -0.2) is 23.9 Å². The average Bonchev–Trinajstić information content (AvgIpc) is 2.35. The fourth-order valence-electron chi connectivity index (χ4n) is 1.73. The van der Waals surface area contributed by atoms with E-state index in [2.05, 4.69) is 6.58 Å². The van der Waals surface area contributed by atoms with E-state index in [0.717, 1.165) is 0 Å². The highest BCUT2D eigenvalue weighted by atomic mass is 32.2. The molecule has 0 radical (unpaired) electrons. The molecule has 0 aromatic rings. The van der Waals surface area contributed by atoms with Crippen LogP contribution in [0.1, 0.15) is 12.8 Å². The molecule has 0 saturated carbocycles. The van der Waals surface area contributed by atoms with Crippen molar-refractivity contribution >= 4 is 22.8 Å². The van der Waals surface area contributed by atoms with Gasteiger partial charge in [-0.05, 0) is 12.8 Å². The van der Waals surface area contributed by atoms with Crippen molar-refractivity contribution in [2.45, 2.75) is 12.8 Å². The van der Waals surface area contributed by atoms with Gasteiger partial charge in [0.1, 0.15) is 0 Å². The number of methoxy groups -OCH3 is 1. The first-order chi connectivity index (χ1) is 7.70. The third-order valence-electron chi connectivity index (χ3n) is 2.58. The maximum absolute atomic E-state index is 11.9. The highest BCUT2D eigenvalue weighted by Crippen LogP contribution is 2.30. The summed E-state index contributed by atoms with van der Waals surface area (Å²) >= 11 is 1.22. The van der Waals surface area contributed by atoms with Crippen molar-refractivity contribution < 1.29 is 14.3 Å². The standard InChI is InChI=1S/C12H16O3S/c1-3-8-16-12(14)10-7-5-4-6-9(10)11(13)15-2/h3-5,9-10H,1,6-8H2,2H3/t9-,10+/m1/s1. The minimum Gasteiger partial charge on any atom is -0.469 e. The maximum Gasteiger partial charge on any atom is 0.309 e. The quantitative estimate of drug-likeness (QED) is 0.558. The van der Waals surface area contributed by atoms with Crippen LogP contribution in [0, 0.1) is 11.8 Å². The largest absolute Gasteiger partial charge is 0.469 e. The Bertz CT molecular complexity index is 309. The number of allylic oxidation sites excluding steroid dienone is 2. The highest BCUT2D eigenvalue weighted by molar-refractivity contribution is 8.13. The van der Waals surface area contributed by atoms with Crippen molar-refractivity contribution in [3.8, 4) is 0 Å². The van der Waals surface area contributed by atoms with Gasteiger partial charge >= 0.3 is 5.97 Å². The second-order valence-corrected chi connectivity index (χ2v) is 4.62. The van der Waals surface area contributed by atoms with E-state index < -0.39 is 0 Å². The number of carbonyl (C=O) groups is 2. The molecule has 3 nitrogen and oxygen atoms in total. The normalized spacial score (nSPS) is 23.8. The van der Waals surface area contributed by atoms with Gasteiger partial charge in [-0.15, -0.1) is 6.58 Å². The van der Waals surface area contributed by atoms with Gasteiger partial charge in [-0.25, -0.2) is 0 Å². The van der Waals surface area contributed by atoms with Crippen molar-refractivity contribution in [2.75, 3.05) is 12.9 Å². The predicted octanol–water partition coefficient (Wildman–Crippen LogP) is 2.19. The Morgan fingerprint density at radius 2 is 2.06 bits per heavy atom. The molecular formula is C12H16O3S. The number of carbonyl (C=O) groups excluding carboxylic acids is 2. The van der Waals surface area contributed by atoms with Gasteiger partial charge in [0.05, 0.1) is 13.0 Å². The number of esters is 1. The zero-order chi connectivity index (χ0) is 12.0. The summed E-state index contributed by atoms with van der Waals surface area (Å²) in [5.41, 5.74) is 0. The first kappa shape index (κ1) is 13.0. The van der Waals surface area contributed by atoms with Gasteiger partial charge in [0.25, 0.3) is 0 Å². The third-order valence-corrected chi connectivity index (χ3v) is 3.57. The number of ether oxygens (including phenoxy) is 1. The van der Waals surface area contributed by atoms with Gasteiger partial charge < -0.3 is 4.74 Å². The van der Waals surface area contributed by atoms with Crippen LogP contribution in [0.15, 0.2) is 24.8 Å². The van der Waals surface area contributed by atoms with Gasteiger partial charge in [0.2, 0.25) is 0 Å². The average molecular weight is 240 g/mol. The van der Waals surface area contributed by atoms with E-state index in [4.69, 9.17) is 4.74 Å². The van der Waals surface area contributed by atoms with E-state index in [1.54, 1.807) is 6.08 Å². The van der Waals surface area contributed by atoms with Gasteiger partial charge in [0.15, 0.2) is 5.12 Å². The molecule has 2 atom stereocenters. The van der Waals surface area contributed by atoms with Crippen molar-refractivity contribution in [2.24, 2.45) is 11.8 Å². The molecule has 0 aromatic carbocycles. The van der Waals surface area contributed by atoms with Gasteiger partial charge in [-0.3, -0.25) is 9.59 Å². The summed E-state index contributed by atoms with van der Waals surface area (Å²) in [6, 6.07) is 0. The SMILES string of the molecule is C=CCSC(=O)[C@H]1CC=CC[C@H]1C(=O)OC. The minimum absolute atomic E-state index is 0.0552. The number of hydrogen-bond donors (Lipinski definition) is 0.